The van der Waals surface area contributed by atoms with Crippen molar-refractivity contribution >= 4 is 5.69 Å². The predicted molar refractivity (Wildman–Crippen MR) is 69.9 cm³/mol. The van der Waals surface area contributed by atoms with E-state index in [1.165, 1.54) is 24.1 Å². The van der Waals surface area contributed by atoms with Gasteiger partial charge in [0, 0.05) is 37.8 Å². The number of nitrogens with one attached hydrogen (secondary N) is 1. The van der Waals surface area contributed by atoms with E-state index in [1.54, 1.807) is 0 Å². The molecule has 0 aromatic heterocycles. The van der Waals surface area contributed by atoms with Gasteiger partial charge in [-0.3, -0.25) is 0 Å². The zero-order chi connectivity index (χ0) is 11.7. The molecule has 17 heavy (non-hydrogen) atoms. The summed E-state index contributed by atoms with van der Waals surface area (Å²) < 4.78 is 5.90. The molecule has 3 nitrogen and oxygen atoms in total. The summed E-state index contributed by atoms with van der Waals surface area (Å²) in [6.45, 7) is 4.21. The molecule has 0 bridgehead atoms. The van der Waals surface area contributed by atoms with Crippen LogP contribution in [0.5, 0.6) is 5.75 Å². The highest BCUT2D eigenvalue weighted by atomic mass is 16.5. The standard InChI is InChI=1S/C14H20N2O/c1-16-7-5-12-2-3-13(8-14(12)16)17-10-11-4-6-15-9-11/h2-3,8,11,15H,4-7,9-10H2,1H3. The second kappa shape index (κ2) is 4.57. The minimum atomic E-state index is 0.681. The van der Waals surface area contributed by atoms with E-state index in [4.69, 9.17) is 4.74 Å². The van der Waals surface area contributed by atoms with E-state index in [0.717, 1.165) is 32.0 Å². The topological polar surface area (TPSA) is 24.5 Å². The smallest absolute Gasteiger partial charge is 0.121 e. The normalized spacial score (nSPS) is 22.9. The van der Waals surface area contributed by atoms with Crippen molar-refractivity contribution in [2.45, 2.75) is 12.8 Å². The van der Waals surface area contributed by atoms with E-state index >= 15 is 0 Å². The van der Waals surface area contributed by atoms with Gasteiger partial charge in [0.15, 0.2) is 0 Å². The first kappa shape index (κ1) is 10.9. The molecule has 1 saturated heterocycles. The van der Waals surface area contributed by atoms with Gasteiger partial charge in [-0.1, -0.05) is 6.07 Å². The first-order valence-electron chi connectivity index (χ1n) is 6.50. The number of hydrogen-bond donors (Lipinski definition) is 1. The lowest BCUT2D eigenvalue weighted by Crippen LogP contribution is -2.16. The molecule has 1 aromatic carbocycles. The number of nitrogens with zero attached hydrogens (tertiary/aromatic N) is 1. The molecule has 0 aliphatic carbocycles. The number of likely N-dealkylation sites (N-methyl/N-ethyl adjacent to an activating group) is 1. The van der Waals surface area contributed by atoms with E-state index in [9.17, 15) is 0 Å². The SMILES string of the molecule is CN1CCc2ccc(OCC3CCNC3)cc21. The van der Waals surface area contributed by atoms with E-state index < -0.39 is 0 Å². The molecule has 1 fully saturated rings. The Kier molecular flexibility index (Phi) is 2.93. The summed E-state index contributed by atoms with van der Waals surface area (Å²) in [5.41, 5.74) is 2.79. The Balaban J connectivity index is 1.65. The quantitative estimate of drug-likeness (QED) is 0.858. The first-order valence-corrected chi connectivity index (χ1v) is 6.50. The molecular formula is C14H20N2O. The largest absolute Gasteiger partial charge is 0.493 e. The highest BCUT2D eigenvalue weighted by molar-refractivity contribution is 5.60. The Bertz CT molecular complexity index is 399. The van der Waals surface area contributed by atoms with E-state index in [1.807, 2.05) is 0 Å². The Morgan fingerprint density at radius 3 is 3.24 bits per heavy atom. The molecule has 3 heteroatoms. The molecule has 92 valence electrons. The summed E-state index contributed by atoms with van der Waals surface area (Å²) in [4.78, 5) is 2.30. The zero-order valence-electron chi connectivity index (χ0n) is 10.4. The summed E-state index contributed by atoms with van der Waals surface area (Å²) in [6, 6.07) is 6.51. The van der Waals surface area contributed by atoms with Gasteiger partial charge in [0.1, 0.15) is 5.75 Å². The zero-order valence-corrected chi connectivity index (χ0v) is 10.4. The number of hydrogen-bond acceptors (Lipinski definition) is 3. The highest BCUT2D eigenvalue weighted by Gasteiger charge is 2.18. The highest BCUT2D eigenvalue weighted by Crippen LogP contribution is 2.30. The van der Waals surface area contributed by atoms with Crippen LogP contribution in [0.25, 0.3) is 0 Å². The van der Waals surface area contributed by atoms with E-state index in [2.05, 4.69) is 35.5 Å². The lowest BCUT2D eigenvalue weighted by Gasteiger charge is -2.15. The summed E-state index contributed by atoms with van der Waals surface area (Å²) in [6.07, 6.45) is 2.41. The molecule has 1 aromatic rings. The molecule has 1 unspecified atom stereocenters. The third kappa shape index (κ3) is 2.25. The van der Waals surface area contributed by atoms with Crippen LogP contribution in [0.4, 0.5) is 5.69 Å². The average molecular weight is 232 g/mol. The van der Waals surface area contributed by atoms with Gasteiger partial charge in [-0.2, -0.15) is 0 Å². The van der Waals surface area contributed by atoms with Crippen LogP contribution in [0.1, 0.15) is 12.0 Å². The molecule has 1 atom stereocenters. The molecule has 2 aliphatic rings. The maximum atomic E-state index is 5.90. The van der Waals surface area contributed by atoms with Gasteiger partial charge >= 0.3 is 0 Å². The number of ether oxygens (including phenoxy) is 1. The van der Waals surface area contributed by atoms with Crippen LogP contribution in [0, 0.1) is 5.92 Å². The van der Waals surface area contributed by atoms with Crippen LogP contribution in [-0.4, -0.2) is 33.3 Å². The average Bonchev–Trinajstić information content (AvgIpc) is 2.97. The molecule has 0 saturated carbocycles. The Morgan fingerprint density at radius 2 is 2.41 bits per heavy atom. The summed E-state index contributed by atoms with van der Waals surface area (Å²) in [7, 11) is 2.15. The fourth-order valence-corrected chi connectivity index (χ4v) is 2.68. The van der Waals surface area contributed by atoms with Crippen molar-refractivity contribution in [2.75, 3.05) is 38.2 Å². The Labute approximate surface area is 103 Å². The molecule has 0 radical (unpaired) electrons. The van der Waals surface area contributed by atoms with Crippen LogP contribution in [0.15, 0.2) is 18.2 Å². The van der Waals surface area contributed by atoms with Crippen molar-refractivity contribution in [3.8, 4) is 5.75 Å². The van der Waals surface area contributed by atoms with Crippen molar-refractivity contribution in [3.63, 3.8) is 0 Å². The van der Waals surface area contributed by atoms with Crippen molar-refractivity contribution in [2.24, 2.45) is 5.92 Å². The van der Waals surface area contributed by atoms with Gasteiger partial charge in [-0.05, 0) is 31.0 Å². The van der Waals surface area contributed by atoms with Crippen molar-refractivity contribution in [1.82, 2.24) is 5.32 Å². The van der Waals surface area contributed by atoms with Crippen molar-refractivity contribution < 1.29 is 4.74 Å². The van der Waals surface area contributed by atoms with Gasteiger partial charge in [-0.25, -0.2) is 0 Å². The minimum absolute atomic E-state index is 0.681. The summed E-state index contributed by atoms with van der Waals surface area (Å²) in [5.74, 6) is 1.70. The van der Waals surface area contributed by atoms with Crippen molar-refractivity contribution in [1.29, 1.82) is 0 Å². The monoisotopic (exact) mass is 232 g/mol. The Hall–Kier alpha value is -1.22. The summed E-state index contributed by atoms with van der Waals surface area (Å²) in [5, 5.41) is 3.37. The van der Waals surface area contributed by atoms with Crippen LogP contribution in [0.3, 0.4) is 0 Å². The van der Waals surface area contributed by atoms with Crippen molar-refractivity contribution in [3.05, 3.63) is 23.8 Å². The number of anilines is 1. The molecule has 3 rings (SSSR count). The Morgan fingerprint density at radius 1 is 1.47 bits per heavy atom. The lowest BCUT2D eigenvalue weighted by atomic mass is 10.1. The molecule has 1 N–H and O–H groups in total. The fourth-order valence-electron chi connectivity index (χ4n) is 2.68. The van der Waals surface area contributed by atoms with Crippen LogP contribution in [-0.2, 0) is 6.42 Å². The molecular weight excluding hydrogens is 212 g/mol. The van der Waals surface area contributed by atoms with Crippen LogP contribution >= 0.6 is 0 Å². The first-order chi connectivity index (χ1) is 8.33. The van der Waals surface area contributed by atoms with Crippen LogP contribution in [0.2, 0.25) is 0 Å². The van der Waals surface area contributed by atoms with Gasteiger partial charge in [0.05, 0.1) is 6.61 Å². The predicted octanol–water partition coefficient (Wildman–Crippen LogP) is 1.67. The third-order valence-corrected chi connectivity index (χ3v) is 3.83. The van der Waals surface area contributed by atoms with E-state index in [-0.39, 0.29) is 0 Å². The maximum absolute atomic E-state index is 5.90. The third-order valence-electron chi connectivity index (χ3n) is 3.83. The van der Waals surface area contributed by atoms with Crippen LogP contribution < -0.4 is 15.0 Å². The second-order valence-electron chi connectivity index (χ2n) is 5.13. The molecule has 0 amide bonds. The summed E-state index contributed by atoms with van der Waals surface area (Å²) >= 11 is 0. The molecule has 2 aliphatic heterocycles. The minimum Gasteiger partial charge on any atom is -0.493 e. The number of fused-ring (bicyclic) bond motifs is 1. The molecule has 0 spiro atoms. The molecule has 2 heterocycles. The maximum Gasteiger partial charge on any atom is 0.121 e. The fraction of sp³-hybridized carbons (Fsp3) is 0.571. The van der Waals surface area contributed by atoms with Gasteiger partial charge in [-0.15, -0.1) is 0 Å². The number of benzene rings is 1. The van der Waals surface area contributed by atoms with E-state index in [0.29, 0.717) is 5.92 Å². The lowest BCUT2D eigenvalue weighted by molar-refractivity contribution is 0.260. The van der Waals surface area contributed by atoms with Gasteiger partial charge < -0.3 is 15.0 Å². The number of rotatable bonds is 3. The second-order valence-corrected chi connectivity index (χ2v) is 5.13. The van der Waals surface area contributed by atoms with Gasteiger partial charge in [0.25, 0.3) is 0 Å². The van der Waals surface area contributed by atoms with Gasteiger partial charge in [0.2, 0.25) is 0 Å².